The molecule has 11 atom stereocenters. The number of esters is 1. The van der Waals surface area contributed by atoms with Crippen LogP contribution in [0.4, 0.5) is 13.2 Å². The molecular formula is C29H41F3O3. The van der Waals surface area contributed by atoms with Crippen molar-refractivity contribution in [3.05, 3.63) is 11.8 Å². The van der Waals surface area contributed by atoms with Crippen molar-refractivity contribution in [1.29, 1.82) is 0 Å². The van der Waals surface area contributed by atoms with Crippen LogP contribution < -0.4 is 0 Å². The first kappa shape index (κ1) is 24.2. The van der Waals surface area contributed by atoms with Gasteiger partial charge in [0, 0.05) is 18.3 Å². The van der Waals surface area contributed by atoms with Gasteiger partial charge in [0.25, 0.3) is 0 Å². The zero-order valence-corrected chi connectivity index (χ0v) is 22.0. The van der Waals surface area contributed by atoms with E-state index in [0.29, 0.717) is 23.7 Å². The highest BCUT2D eigenvalue weighted by Crippen LogP contribution is 2.89. The summed E-state index contributed by atoms with van der Waals surface area (Å²) < 4.78 is 52.3. The molecule has 1 aliphatic heterocycles. The molecule has 0 aromatic rings. The number of carbonyl (C=O) groups is 1. The van der Waals surface area contributed by atoms with Crippen LogP contribution in [0.3, 0.4) is 0 Å². The molecule has 5 fully saturated rings. The van der Waals surface area contributed by atoms with Gasteiger partial charge < -0.3 is 9.47 Å². The minimum absolute atomic E-state index is 0.0265. The zero-order valence-electron chi connectivity index (χ0n) is 22.0. The summed E-state index contributed by atoms with van der Waals surface area (Å²) in [5.41, 5.74) is 0.553. The lowest BCUT2D eigenvalue weighted by Gasteiger charge is -2.59. The molecule has 0 saturated heterocycles. The van der Waals surface area contributed by atoms with E-state index in [2.05, 4.69) is 27.7 Å². The first-order valence-electron chi connectivity index (χ1n) is 13.8. The number of alkyl halides is 3. The van der Waals surface area contributed by atoms with Crippen LogP contribution in [0.5, 0.6) is 0 Å². The number of ether oxygens (including phenoxy) is 2. The maximum atomic E-state index is 13.6. The Morgan fingerprint density at radius 3 is 2.40 bits per heavy atom. The highest BCUT2D eigenvalue weighted by molar-refractivity contribution is 5.66. The summed E-state index contributed by atoms with van der Waals surface area (Å²) in [6, 6.07) is 0. The van der Waals surface area contributed by atoms with E-state index in [-0.39, 0.29) is 51.7 Å². The number of rotatable bonds is 1. The van der Waals surface area contributed by atoms with Gasteiger partial charge in [-0.3, -0.25) is 4.79 Å². The van der Waals surface area contributed by atoms with Crippen LogP contribution in [0.2, 0.25) is 0 Å². The SMILES string of the molecule is CC(=O)OC1CCC23C(CCC4C5CC6OC(C(F)(F)F)=CC(C)C6C5(C)CCC42C3C)C1(C)C. The third-order valence-corrected chi connectivity index (χ3v) is 12.8. The first-order chi connectivity index (χ1) is 16.2. The van der Waals surface area contributed by atoms with Crippen molar-refractivity contribution >= 4 is 5.97 Å². The molecule has 5 saturated carbocycles. The Morgan fingerprint density at radius 2 is 1.74 bits per heavy atom. The Hall–Kier alpha value is -1.20. The average Bonchev–Trinajstić information content (AvgIpc) is 3.10. The summed E-state index contributed by atoms with van der Waals surface area (Å²) in [5, 5.41) is 0. The van der Waals surface area contributed by atoms with Gasteiger partial charge in [0.05, 0.1) is 0 Å². The minimum Gasteiger partial charge on any atom is -0.486 e. The van der Waals surface area contributed by atoms with Crippen molar-refractivity contribution < 1.29 is 27.4 Å². The van der Waals surface area contributed by atoms with E-state index in [1.165, 1.54) is 19.4 Å². The van der Waals surface area contributed by atoms with Crippen molar-refractivity contribution in [2.75, 3.05) is 0 Å². The summed E-state index contributed by atoms with van der Waals surface area (Å²) in [6.45, 7) is 12.9. The quantitative estimate of drug-likeness (QED) is 0.359. The van der Waals surface area contributed by atoms with E-state index >= 15 is 0 Å². The Balaban J connectivity index is 1.32. The van der Waals surface area contributed by atoms with Crippen LogP contribution in [0.15, 0.2) is 11.8 Å². The van der Waals surface area contributed by atoms with Gasteiger partial charge in [-0.1, -0.05) is 34.6 Å². The summed E-state index contributed by atoms with van der Waals surface area (Å²) >= 11 is 0. The fourth-order valence-corrected chi connectivity index (χ4v) is 11.8. The van der Waals surface area contributed by atoms with Crippen LogP contribution in [0, 0.1) is 57.2 Å². The molecule has 2 spiro atoms. The Labute approximate surface area is 207 Å². The Kier molecular flexibility index (Phi) is 4.84. The largest absolute Gasteiger partial charge is 0.486 e. The van der Waals surface area contributed by atoms with Crippen molar-refractivity contribution in [1.82, 2.24) is 0 Å². The van der Waals surface area contributed by atoms with E-state index < -0.39 is 11.9 Å². The summed E-state index contributed by atoms with van der Waals surface area (Å²) in [5.74, 6) is 1.23. The van der Waals surface area contributed by atoms with Gasteiger partial charge >= 0.3 is 12.1 Å². The van der Waals surface area contributed by atoms with Crippen molar-refractivity contribution in [2.24, 2.45) is 57.2 Å². The molecule has 6 rings (SSSR count). The van der Waals surface area contributed by atoms with Crippen LogP contribution in [-0.2, 0) is 14.3 Å². The van der Waals surface area contributed by atoms with Crippen LogP contribution >= 0.6 is 0 Å². The molecule has 6 heteroatoms. The highest BCUT2D eigenvalue weighted by atomic mass is 19.4. The lowest BCUT2D eigenvalue weighted by atomic mass is 9.46. The lowest BCUT2D eigenvalue weighted by molar-refractivity contribution is -0.173. The number of halogens is 3. The predicted octanol–water partition coefficient (Wildman–Crippen LogP) is 7.30. The maximum Gasteiger partial charge on any atom is 0.448 e. The maximum absolute atomic E-state index is 13.6. The van der Waals surface area contributed by atoms with Gasteiger partial charge in [-0.25, -0.2) is 0 Å². The molecule has 3 nitrogen and oxygen atoms in total. The van der Waals surface area contributed by atoms with E-state index in [0.717, 1.165) is 38.5 Å². The molecule has 0 amide bonds. The van der Waals surface area contributed by atoms with Crippen molar-refractivity contribution in [2.45, 2.75) is 105 Å². The standard InChI is InChI=1S/C29H41F3O3/c1-15-13-23(29(30,31)32)35-20-14-19-18-7-8-21-25(4,5)22(34-17(3)33)9-10-28(21)16(2)27(18,28)12-11-26(19,6)24(15)20/h13,15-16,18-22,24H,7-12,14H2,1-6H3. The first-order valence-corrected chi connectivity index (χ1v) is 13.8. The monoisotopic (exact) mass is 494 g/mol. The van der Waals surface area contributed by atoms with Crippen LogP contribution in [0.25, 0.3) is 0 Å². The normalized spacial score (nSPS) is 53.6. The molecular weight excluding hydrogens is 453 g/mol. The summed E-state index contributed by atoms with van der Waals surface area (Å²) in [7, 11) is 0. The highest BCUT2D eigenvalue weighted by Gasteiger charge is 2.85. The predicted molar refractivity (Wildman–Crippen MR) is 126 cm³/mol. The van der Waals surface area contributed by atoms with E-state index in [4.69, 9.17) is 9.47 Å². The van der Waals surface area contributed by atoms with Crippen LogP contribution in [-0.4, -0.2) is 24.4 Å². The molecule has 35 heavy (non-hydrogen) atoms. The second-order valence-electron chi connectivity index (χ2n) is 13.9. The fraction of sp³-hybridized carbons (Fsp3) is 0.897. The van der Waals surface area contributed by atoms with Gasteiger partial charge in [-0.15, -0.1) is 0 Å². The fourth-order valence-electron chi connectivity index (χ4n) is 11.8. The van der Waals surface area contributed by atoms with Crippen molar-refractivity contribution in [3.8, 4) is 0 Å². The Bertz CT molecular complexity index is 971. The molecule has 1 heterocycles. The summed E-state index contributed by atoms with van der Waals surface area (Å²) in [6.07, 6.45) is 3.94. The zero-order chi connectivity index (χ0) is 25.3. The van der Waals surface area contributed by atoms with Gasteiger partial charge in [0.2, 0.25) is 0 Å². The molecule has 196 valence electrons. The van der Waals surface area contributed by atoms with Crippen LogP contribution in [0.1, 0.15) is 86.5 Å². The molecule has 0 aromatic carbocycles. The minimum atomic E-state index is -4.41. The number of fused-ring (bicyclic) bond motifs is 4. The molecule has 0 bridgehead atoms. The third kappa shape index (κ3) is 2.78. The summed E-state index contributed by atoms with van der Waals surface area (Å²) in [4.78, 5) is 11.8. The molecule has 0 radical (unpaired) electrons. The Morgan fingerprint density at radius 1 is 1.03 bits per heavy atom. The van der Waals surface area contributed by atoms with E-state index in [1.807, 2.05) is 6.92 Å². The third-order valence-electron chi connectivity index (χ3n) is 12.8. The van der Waals surface area contributed by atoms with Gasteiger partial charge in [-0.05, 0) is 96.9 Å². The van der Waals surface area contributed by atoms with Gasteiger partial charge in [-0.2, -0.15) is 13.2 Å². The molecule has 0 aromatic heterocycles. The lowest BCUT2D eigenvalue weighted by Crippen LogP contribution is -2.55. The number of allylic oxidation sites excluding steroid dienone is 2. The molecule has 0 N–H and O–H groups in total. The number of hydrogen-bond donors (Lipinski definition) is 0. The van der Waals surface area contributed by atoms with E-state index in [9.17, 15) is 18.0 Å². The number of carbonyl (C=O) groups excluding carboxylic acids is 1. The van der Waals surface area contributed by atoms with Crippen molar-refractivity contribution in [3.63, 3.8) is 0 Å². The average molecular weight is 495 g/mol. The van der Waals surface area contributed by atoms with E-state index in [1.54, 1.807) is 0 Å². The second kappa shape index (κ2) is 7.01. The topological polar surface area (TPSA) is 35.5 Å². The van der Waals surface area contributed by atoms with Gasteiger partial charge in [0.1, 0.15) is 12.2 Å². The molecule has 11 unspecified atom stereocenters. The number of hydrogen-bond acceptors (Lipinski definition) is 3. The smallest absolute Gasteiger partial charge is 0.448 e. The molecule has 5 aliphatic carbocycles. The second-order valence-corrected chi connectivity index (χ2v) is 13.9. The van der Waals surface area contributed by atoms with Gasteiger partial charge in [0.15, 0.2) is 5.76 Å². The molecule has 6 aliphatic rings.